The molecule has 0 spiro atoms. The minimum atomic E-state index is -0.605. The lowest BCUT2D eigenvalue weighted by Gasteiger charge is -2.10. The molecule has 0 unspecified atom stereocenters. The van der Waals surface area contributed by atoms with Gasteiger partial charge in [0.1, 0.15) is 11.6 Å². The summed E-state index contributed by atoms with van der Waals surface area (Å²) in [6, 6.07) is 9.34. The maximum Gasteiger partial charge on any atom is 0.287 e. The van der Waals surface area contributed by atoms with E-state index in [1.54, 1.807) is 18.2 Å². The zero-order valence-corrected chi connectivity index (χ0v) is 13.3. The van der Waals surface area contributed by atoms with Crippen LogP contribution >= 0.6 is 39.1 Å². The number of nitrogens with one attached hydrogen (secondary N) is 1. The SMILES string of the molecule is N#Cc1cc(Nc2ccc(Br)c(Cl)c2Cl)ccc1[N+](=O)[O-]. The van der Waals surface area contributed by atoms with E-state index < -0.39 is 4.92 Å². The molecule has 0 fully saturated rings. The van der Waals surface area contributed by atoms with Gasteiger partial charge < -0.3 is 5.32 Å². The van der Waals surface area contributed by atoms with Crippen molar-refractivity contribution in [2.24, 2.45) is 0 Å². The van der Waals surface area contributed by atoms with Gasteiger partial charge in [-0.15, -0.1) is 0 Å². The lowest BCUT2D eigenvalue weighted by Crippen LogP contribution is -1.96. The molecule has 106 valence electrons. The molecule has 5 nitrogen and oxygen atoms in total. The van der Waals surface area contributed by atoms with Crippen molar-refractivity contribution < 1.29 is 4.92 Å². The molecule has 0 atom stereocenters. The number of hydrogen-bond acceptors (Lipinski definition) is 4. The standard InChI is InChI=1S/C13H6BrCl2N3O2/c14-9-2-3-10(13(16)12(9)15)18-8-1-4-11(19(20)21)7(5-8)6-17/h1-5,18H. The van der Waals surface area contributed by atoms with Crippen molar-refractivity contribution in [1.29, 1.82) is 5.26 Å². The fraction of sp³-hybridized carbons (Fsp3) is 0. The summed E-state index contributed by atoms with van der Waals surface area (Å²) in [5.74, 6) is 0. The van der Waals surface area contributed by atoms with Crippen LogP contribution in [-0.4, -0.2) is 4.92 Å². The van der Waals surface area contributed by atoms with Gasteiger partial charge in [-0.25, -0.2) is 0 Å². The van der Waals surface area contributed by atoms with Gasteiger partial charge >= 0.3 is 0 Å². The van der Waals surface area contributed by atoms with Crippen molar-refractivity contribution >= 4 is 56.2 Å². The lowest BCUT2D eigenvalue weighted by atomic mass is 10.1. The molecule has 0 saturated heterocycles. The summed E-state index contributed by atoms with van der Waals surface area (Å²) >= 11 is 15.4. The number of nitro groups is 1. The zero-order valence-electron chi connectivity index (χ0n) is 10.2. The normalized spacial score (nSPS) is 10.0. The molecule has 2 rings (SSSR count). The summed E-state index contributed by atoms with van der Waals surface area (Å²) in [4.78, 5) is 10.2. The Kier molecular flexibility index (Phi) is 4.68. The van der Waals surface area contributed by atoms with Crippen LogP contribution < -0.4 is 5.32 Å². The van der Waals surface area contributed by atoms with E-state index in [0.29, 0.717) is 25.9 Å². The van der Waals surface area contributed by atoms with E-state index in [9.17, 15) is 10.1 Å². The highest BCUT2D eigenvalue weighted by Gasteiger charge is 2.15. The van der Waals surface area contributed by atoms with Crippen molar-refractivity contribution in [3.8, 4) is 6.07 Å². The maximum atomic E-state index is 10.8. The van der Waals surface area contributed by atoms with E-state index in [-0.39, 0.29) is 11.3 Å². The van der Waals surface area contributed by atoms with Gasteiger partial charge in [-0.3, -0.25) is 10.1 Å². The van der Waals surface area contributed by atoms with Crippen molar-refractivity contribution in [3.63, 3.8) is 0 Å². The van der Waals surface area contributed by atoms with E-state index in [2.05, 4.69) is 21.2 Å². The first-order chi connectivity index (χ1) is 9.93. The highest BCUT2D eigenvalue weighted by Crippen LogP contribution is 2.37. The first kappa shape index (κ1) is 15.6. The quantitative estimate of drug-likeness (QED) is 0.442. The molecule has 0 aromatic heterocycles. The third-order valence-electron chi connectivity index (χ3n) is 2.63. The van der Waals surface area contributed by atoms with Gasteiger partial charge in [0.25, 0.3) is 5.69 Å². The number of nitro benzene ring substituents is 1. The van der Waals surface area contributed by atoms with E-state index >= 15 is 0 Å². The number of nitrogens with zero attached hydrogens (tertiary/aromatic N) is 2. The summed E-state index contributed by atoms with van der Waals surface area (Å²) in [5.41, 5.74) is 0.743. The topological polar surface area (TPSA) is 79.0 Å². The first-order valence-corrected chi connectivity index (χ1v) is 7.08. The molecule has 0 heterocycles. The van der Waals surface area contributed by atoms with Crippen LogP contribution in [0.5, 0.6) is 0 Å². The summed E-state index contributed by atoms with van der Waals surface area (Å²) < 4.78 is 0.654. The highest BCUT2D eigenvalue weighted by atomic mass is 79.9. The number of anilines is 2. The second kappa shape index (κ2) is 6.31. The van der Waals surface area contributed by atoms with Gasteiger partial charge in [-0.05, 0) is 40.2 Å². The second-order valence-corrected chi connectivity index (χ2v) is 5.56. The van der Waals surface area contributed by atoms with Crippen LogP contribution in [0.2, 0.25) is 10.0 Å². The smallest absolute Gasteiger partial charge is 0.287 e. The average molecular weight is 387 g/mol. The Bertz CT molecular complexity index is 775. The molecule has 0 aliphatic rings. The van der Waals surface area contributed by atoms with Crippen molar-refractivity contribution in [1.82, 2.24) is 0 Å². The van der Waals surface area contributed by atoms with Gasteiger partial charge in [0.05, 0.1) is 20.7 Å². The van der Waals surface area contributed by atoms with Crippen molar-refractivity contribution in [2.75, 3.05) is 5.32 Å². The Hall–Kier alpha value is -1.81. The maximum absolute atomic E-state index is 10.8. The third-order valence-corrected chi connectivity index (χ3v) is 4.40. The van der Waals surface area contributed by atoms with Crippen LogP contribution in [0.1, 0.15) is 5.56 Å². The van der Waals surface area contributed by atoms with Gasteiger partial charge in [-0.2, -0.15) is 5.26 Å². The Labute approximate surface area is 138 Å². The van der Waals surface area contributed by atoms with E-state index in [1.165, 1.54) is 18.2 Å². The lowest BCUT2D eigenvalue weighted by molar-refractivity contribution is -0.385. The van der Waals surface area contributed by atoms with Crippen LogP contribution in [0.4, 0.5) is 17.1 Å². The molecular formula is C13H6BrCl2N3O2. The van der Waals surface area contributed by atoms with Crippen LogP contribution in [0.15, 0.2) is 34.8 Å². The van der Waals surface area contributed by atoms with Gasteiger partial charge in [-0.1, -0.05) is 23.2 Å². The Morgan fingerprint density at radius 1 is 1.24 bits per heavy atom. The largest absolute Gasteiger partial charge is 0.354 e. The van der Waals surface area contributed by atoms with Crippen LogP contribution in [0.25, 0.3) is 0 Å². The highest BCUT2D eigenvalue weighted by molar-refractivity contribution is 9.10. The minimum absolute atomic E-state index is 0.0377. The second-order valence-electron chi connectivity index (χ2n) is 3.95. The Morgan fingerprint density at radius 2 is 1.95 bits per heavy atom. The van der Waals surface area contributed by atoms with Gasteiger partial charge in [0.15, 0.2) is 0 Å². The van der Waals surface area contributed by atoms with Crippen molar-refractivity contribution in [2.45, 2.75) is 0 Å². The molecule has 0 amide bonds. The molecule has 21 heavy (non-hydrogen) atoms. The van der Waals surface area contributed by atoms with E-state index in [1.807, 2.05) is 0 Å². The molecule has 0 aliphatic heterocycles. The van der Waals surface area contributed by atoms with Gasteiger partial charge in [0.2, 0.25) is 0 Å². The molecular weight excluding hydrogens is 381 g/mol. The number of hydrogen-bond donors (Lipinski definition) is 1. The summed E-state index contributed by atoms with van der Waals surface area (Å²) in [6.45, 7) is 0. The fourth-order valence-electron chi connectivity index (χ4n) is 1.64. The molecule has 8 heteroatoms. The van der Waals surface area contributed by atoms with Crippen LogP contribution in [0.3, 0.4) is 0 Å². The average Bonchev–Trinajstić information content (AvgIpc) is 2.47. The molecule has 0 aliphatic carbocycles. The predicted octanol–water partition coefficient (Wildman–Crippen LogP) is 5.28. The number of benzene rings is 2. The summed E-state index contributed by atoms with van der Waals surface area (Å²) in [5, 5.41) is 23.4. The summed E-state index contributed by atoms with van der Waals surface area (Å²) in [6.07, 6.45) is 0. The molecule has 1 N–H and O–H groups in total. The van der Waals surface area contributed by atoms with Crippen LogP contribution in [0, 0.1) is 21.4 Å². The van der Waals surface area contributed by atoms with Crippen LogP contribution in [-0.2, 0) is 0 Å². The molecule has 0 radical (unpaired) electrons. The first-order valence-electron chi connectivity index (χ1n) is 5.53. The monoisotopic (exact) mass is 385 g/mol. The molecule has 2 aromatic rings. The summed E-state index contributed by atoms with van der Waals surface area (Å²) in [7, 11) is 0. The zero-order chi connectivity index (χ0) is 15.6. The van der Waals surface area contributed by atoms with E-state index in [4.69, 9.17) is 28.5 Å². The fourth-order valence-corrected chi connectivity index (χ4v) is 2.46. The van der Waals surface area contributed by atoms with Gasteiger partial charge in [0, 0.05) is 16.2 Å². The Morgan fingerprint density at radius 3 is 2.57 bits per heavy atom. The Balaban J connectivity index is 2.40. The molecule has 0 saturated carbocycles. The number of rotatable bonds is 3. The number of nitriles is 1. The minimum Gasteiger partial charge on any atom is -0.354 e. The predicted molar refractivity (Wildman–Crippen MR) is 85.3 cm³/mol. The molecule has 2 aromatic carbocycles. The van der Waals surface area contributed by atoms with E-state index in [0.717, 1.165) is 0 Å². The molecule has 0 bridgehead atoms. The van der Waals surface area contributed by atoms with Crippen molar-refractivity contribution in [3.05, 3.63) is 60.5 Å². The third kappa shape index (κ3) is 3.27. The number of halogens is 3.